The minimum absolute atomic E-state index is 0.300. The number of benzene rings is 1. The molecule has 1 heteroatoms. The highest BCUT2D eigenvalue weighted by molar-refractivity contribution is 5.48. The fourth-order valence-electron chi connectivity index (χ4n) is 4.70. The van der Waals surface area contributed by atoms with E-state index < -0.39 is 0 Å². The van der Waals surface area contributed by atoms with E-state index in [4.69, 9.17) is 4.74 Å². The summed E-state index contributed by atoms with van der Waals surface area (Å²) >= 11 is 0. The summed E-state index contributed by atoms with van der Waals surface area (Å²) < 4.78 is 5.77. The zero-order valence-electron chi connectivity index (χ0n) is 15.3. The Labute approximate surface area is 136 Å². The second-order valence-corrected chi connectivity index (χ2v) is 8.83. The van der Waals surface area contributed by atoms with Crippen LogP contribution in [0.4, 0.5) is 0 Å². The standard InChI is InChI=1S/C21H32O/c1-14-12-17-18(21(4,5)11-10-20(17,2)3)13-16(14)15-8-7-9-19(15)22-6/h12-13,15,19H,7-11H2,1-6H3. The molecule has 0 bridgehead atoms. The predicted molar refractivity (Wildman–Crippen MR) is 93.9 cm³/mol. The van der Waals surface area contributed by atoms with Crippen LogP contribution in [0.15, 0.2) is 12.1 Å². The number of ether oxygens (including phenoxy) is 1. The zero-order valence-corrected chi connectivity index (χ0v) is 15.3. The Kier molecular flexibility index (Phi) is 3.92. The van der Waals surface area contributed by atoms with Crippen molar-refractivity contribution in [2.75, 3.05) is 7.11 Å². The molecule has 122 valence electrons. The lowest BCUT2D eigenvalue weighted by molar-refractivity contribution is 0.0943. The molecule has 0 saturated heterocycles. The molecule has 0 aromatic heterocycles. The Balaban J connectivity index is 2.12. The van der Waals surface area contributed by atoms with Crippen molar-refractivity contribution in [3.63, 3.8) is 0 Å². The van der Waals surface area contributed by atoms with Crippen molar-refractivity contribution in [3.8, 4) is 0 Å². The largest absolute Gasteiger partial charge is 0.381 e. The third-order valence-electron chi connectivity index (χ3n) is 6.39. The Bertz CT molecular complexity index is 568. The Morgan fingerprint density at radius 1 is 0.955 bits per heavy atom. The molecule has 0 radical (unpaired) electrons. The highest BCUT2D eigenvalue weighted by atomic mass is 16.5. The molecule has 2 atom stereocenters. The van der Waals surface area contributed by atoms with Crippen LogP contribution in [0.5, 0.6) is 0 Å². The molecule has 2 unspecified atom stereocenters. The van der Waals surface area contributed by atoms with E-state index in [1.54, 1.807) is 16.7 Å². The van der Waals surface area contributed by atoms with E-state index in [-0.39, 0.29) is 0 Å². The Morgan fingerprint density at radius 2 is 1.55 bits per heavy atom. The van der Waals surface area contributed by atoms with Gasteiger partial charge in [0.05, 0.1) is 6.10 Å². The van der Waals surface area contributed by atoms with Crippen molar-refractivity contribution < 1.29 is 4.74 Å². The average Bonchev–Trinajstić information content (AvgIpc) is 2.92. The van der Waals surface area contributed by atoms with Gasteiger partial charge in [0.1, 0.15) is 0 Å². The molecule has 22 heavy (non-hydrogen) atoms. The number of methoxy groups -OCH3 is 1. The number of aryl methyl sites for hydroxylation is 1. The van der Waals surface area contributed by atoms with Crippen LogP contribution in [0.2, 0.25) is 0 Å². The fraction of sp³-hybridized carbons (Fsp3) is 0.714. The summed E-state index contributed by atoms with van der Waals surface area (Å²) in [6, 6.07) is 5.05. The van der Waals surface area contributed by atoms with E-state index in [2.05, 4.69) is 46.8 Å². The van der Waals surface area contributed by atoms with Gasteiger partial charge in [0, 0.05) is 13.0 Å². The summed E-state index contributed by atoms with van der Waals surface area (Å²) in [5.74, 6) is 0.594. The van der Waals surface area contributed by atoms with Gasteiger partial charge < -0.3 is 4.74 Å². The molecule has 1 aromatic rings. The Morgan fingerprint density at radius 3 is 2.14 bits per heavy atom. The predicted octanol–water partition coefficient (Wildman–Crippen LogP) is 5.63. The number of hydrogen-bond acceptors (Lipinski definition) is 1. The molecule has 0 spiro atoms. The van der Waals surface area contributed by atoms with Crippen LogP contribution < -0.4 is 0 Å². The van der Waals surface area contributed by atoms with Gasteiger partial charge in [-0.2, -0.15) is 0 Å². The van der Waals surface area contributed by atoms with Crippen molar-refractivity contribution in [1.82, 2.24) is 0 Å². The first-order valence-electron chi connectivity index (χ1n) is 8.94. The first-order chi connectivity index (χ1) is 10.3. The van der Waals surface area contributed by atoms with Crippen LogP contribution in [0.1, 0.15) is 88.0 Å². The molecule has 0 aliphatic heterocycles. The van der Waals surface area contributed by atoms with Crippen molar-refractivity contribution in [1.29, 1.82) is 0 Å². The molecule has 1 nitrogen and oxygen atoms in total. The van der Waals surface area contributed by atoms with Gasteiger partial charge >= 0.3 is 0 Å². The molecular formula is C21H32O. The van der Waals surface area contributed by atoms with Crippen LogP contribution in [0.25, 0.3) is 0 Å². The van der Waals surface area contributed by atoms with E-state index in [1.807, 2.05) is 7.11 Å². The first-order valence-corrected chi connectivity index (χ1v) is 8.94. The monoisotopic (exact) mass is 300 g/mol. The van der Waals surface area contributed by atoms with Crippen molar-refractivity contribution in [3.05, 3.63) is 34.4 Å². The zero-order chi connectivity index (χ0) is 16.1. The van der Waals surface area contributed by atoms with Crippen LogP contribution in [0, 0.1) is 6.92 Å². The van der Waals surface area contributed by atoms with Crippen molar-refractivity contribution in [2.45, 2.75) is 89.6 Å². The summed E-state index contributed by atoms with van der Waals surface area (Å²) in [5, 5.41) is 0. The molecule has 3 rings (SSSR count). The number of rotatable bonds is 2. The molecule has 1 aromatic carbocycles. The van der Waals surface area contributed by atoms with Gasteiger partial charge in [-0.05, 0) is 65.7 Å². The molecule has 2 aliphatic carbocycles. The van der Waals surface area contributed by atoms with E-state index >= 15 is 0 Å². The van der Waals surface area contributed by atoms with E-state index in [0.29, 0.717) is 22.9 Å². The molecule has 0 heterocycles. The molecule has 0 amide bonds. The highest BCUT2D eigenvalue weighted by Gasteiger charge is 2.39. The lowest BCUT2D eigenvalue weighted by Gasteiger charge is -2.43. The number of fused-ring (bicyclic) bond motifs is 1. The van der Waals surface area contributed by atoms with Gasteiger partial charge in [0.2, 0.25) is 0 Å². The quantitative estimate of drug-likeness (QED) is 0.688. The van der Waals surface area contributed by atoms with Crippen molar-refractivity contribution in [2.24, 2.45) is 0 Å². The lowest BCUT2D eigenvalue weighted by Crippen LogP contribution is -2.34. The minimum Gasteiger partial charge on any atom is -0.381 e. The highest BCUT2D eigenvalue weighted by Crippen LogP contribution is 2.48. The fourth-order valence-corrected chi connectivity index (χ4v) is 4.70. The third-order valence-corrected chi connectivity index (χ3v) is 6.39. The van der Waals surface area contributed by atoms with Gasteiger partial charge in [-0.25, -0.2) is 0 Å². The second-order valence-electron chi connectivity index (χ2n) is 8.83. The molecule has 1 fully saturated rings. The summed E-state index contributed by atoms with van der Waals surface area (Å²) in [7, 11) is 1.88. The first kappa shape index (κ1) is 16.1. The maximum atomic E-state index is 5.77. The summed E-state index contributed by atoms with van der Waals surface area (Å²) in [6.07, 6.45) is 6.78. The van der Waals surface area contributed by atoms with E-state index in [9.17, 15) is 0 Å². The molecule has 1 saturated carbocycles. The van der Waals surface area contributed by atoms with Gasteiger partial charge in [0.15, 0.2) is 0 Å². The van der Waals surface area contributed by atoms with Crippen LogP contribution in [-0.2, 0) is 15.6 Å². The van der Waals surface area contributed by atoms with E-state index in [1.165, 1.54) is 37.7 Å². The maximum Gasteiger partial charge on any atom is 0.0639 e. The van der Waals surface area contributed by atoms with Gasteiger partial charge in [-0.1, -0.05) is 46.2 Å². The topological polar surface area (TPSA) is 9.23 Å². The smallest absolute Gasteiger partial charge is 0.0639 e. The average molecular weight is 300 g/mol. The summed E-state index contributed by atoms with van der Waals surface area (Å²) in [6.45, 7) is 12.0. The van der Waals surface area contributed by atoms with Crippen LogP contribution in [0.3, 0.4) is 0 Å². The van der Waals surface area contributed by atoms with E-state index in [0.717, 1.165) is 0 Å². The summed E-state index contributed by atoms with van der Waals surface area (Å²) in [5.41, 5.74) is 6.80. The molecule has 2 aliphatic rings. The third kappa shape index (κ3) is 2.52. The minimum atomic E-state index is 0.300. The maximum absolute atomic E-state index is 5.77. The lowest BCUT2D eigenvalue weighted by atomic mass is 9.62. The number of hydrogen-bond donors (Lipinski definition) is 0. The van der Waals surface area contributed by atoms with Gasteiger partial charge in [-0.3, -0.25) is 0 Å². The normalized spacial score (nSPS) is 29.4. The Hall–Kier alpha value is -0.820. The van der Waals surface area contributed by atoms with Gasteiger partial charge in [-0.15, -0.1) is 0 Å². The molecular weight excluding hydrogens is 268 g/mol. The van der Waals surface area contributed by atoms with Gasteiger partial charge in [0.25, 0.3) is 0 Å². The second kappa shape index (κ2) is 5.37. The SMILES string of the molecule is COC1CCCC1c1cc2c(cc1C)C(C)(C)CCC2(C)C. The van der Waals surface area contributed by atoms with Crippen molar-refractivity contribution >= 4 is 0 Å². The van der Waals surface area contributed by atoms with Crippen LogP contribution in [-0.4, -0.2) is 13.2 Å². The molecule has 0 N–H and O–H groups in total. The van der Waals surface area contributed by atoms with Crippen LogP contribution >= 0.6 is 0 Å². The summed E-state index contributed by atoms with van der Waals surface area (Å²) in [4.78, 5) is 0.